The summed E-state index contributed by atoms with van der Waals surface area (Å²) in [5.41, 5.74) is 1.74. The van der Waals surface area contributed by atoms with Gasteiger partial charge in [0.25, 0.3) is 0 Å². The van der Waals surface area contributed by atoms with Crippen molar-refractivity contribution < 1.29 is 23.5 Å². The molecule has 0 aliphatic carbocycles. The Morgan fingerprint density at radius 2 is 1.43 bits per heavy atom. The number of benzene rings is 2. The maximum atomic E-state index is 13.8. The molecule has 1 unspecified atom stereocenters. The van der Waals surface area contributed by atoms with Gasteiger partial charge in [-0.3, -0.25) is 14.7 Å². The predicted octanol–water partition coefficient (Wildman–Crippen LogP) is 5.44. The molecule has 0 bridgehead atoms. The van der Waals surface area contributed by atoms with Crippen LogP contribution in [0.1, 0.15) is 44.7 Å². The van der Waals surface area contributed by atoms with E-state index in [2.05, 4.69) is 5.32 Å². The van der Waals surface area contributed by atoms with Crippen LogP contribution in [0.5, 0.6) is 0 Å². The van der Waals surface area contributed by atoms with E-state index >= 15 is 0 Å². The average Bonchev–Trinajstić information content (AvgIpc) is 2.75. The Morgan fingerprint density at radius 3 is 1.80 bits per heavy atom. The van der Waals surface area contributed by atoms with Crippen molar-refractivity contribution in [3.05, 3.63) is 71.8 Å². The van der Waals surface area contributed by atoms with Crippen molar-refractivity contribution in [2.75, 3.05) is 0 Å². The molecule has 0 saturated heterocycles. The van der Waals surface area contributed by atoms with Crippen LogP contribution in [0.3, 0.4) is 0 Å². The Morgan fingerprint density at radius 1 is 0.967 bits per heavy atom. The summed E-state index contributed by atoms with van der Waals surface area (Å²) >= 11 is 0. The Labute approximate surface area is 179 Å². The van der Waals surface area contributed by atoms with E-state index in [1.165, 1.54) is 0 Å². The predicted molar refractivity (Wildman–Crippen MR) is 118 cm³/mol. The zero-order valence-electron chi connectivity index (χ0n) is 17.9. The molecule has 2 rings (SSSR count). The second kappa shape index (κ2) is 12.0. The summed E-state index contributed by atoms with van der Waals surface area (Å²) < 4.78 is 25.5. The number of carbonyl (C=O) groups is 1. The lowest BCUT2D eigenvalue weighted by Crippen LogP contribution is -2.44. The van der Waals surface area contributed by atoms with Gasteiger partial charge in [0.15, 0.2) is 0 Å². The average molecular weight is 433 g/mol. The first kappa shape index (κ1) is 24.3. The highest BCUT2D eigenvalue weighted by Gasteiger charge is 2.38. The maximum absolute atomic E-state index is 13.8. The molecular weight excluding hydrogens is 401 g/mol. The SMILES string of the molecule is CC[C@@H](NC(CC(C)C)C(=O)O)P(=O)(OCc1ccccc1)OCc1ccccc1. The second-order valence-electron chi connectivity index (χ2n) is 7.67. The highest BCUT2D eigenvalue weighted by Crippen LogP contribution is 2.54. The number of hydrogen-bond acceptors (Lipinski definition) is 5. The number of rotatable bonds is 13. The number of carboxylic acids is 1. The number of nitrogens with one attached hydrogen (secondary N) is 1. The van der Waals surface area contributed by atoms with Crippen LogP contribution in [-0.2, 0) is 31.6 Å². The standard InChI is InChI=1S/C23H32NO5P/c1-4-22(24-21(23(25)26)15-18(2)3)30(27,28-16-19-11-7-5-8-12-19)29-17-20-13-9-6-10-14-20/h5-14,18,21-22,24H,4,15-17H2,1-3H3,(H,25,26)/t21?,22-/m0/s1. The lowest BCUT2D eigenvalue weighted by Gasteiger charge is -2.30. The molecule has 2 aromatic carbocycles. The van der Waals surface area contributed by atoms with E-state index in [1.807, 2.05) is 81.4 Å². The van der Waals surface area contributed by atoms with Crippen molar-refractivity contribution in [1.29, 1.82) is 0 Å². The van der Waals surface area contributed by atoms with Crippen LogP contribution < -0.4 is 5.32 Å². The van der Waals surface area contributed by atoms with Gasteiger partial charge in [-0.1, -0.05) is 81.4 Å². The topological polar surface area (TPSA) is 84.9 Å². The third kappa shape index (κ3) is 7.69. The van der Waals surface area contributed by atoms with Gasteiger partial charge in [-0.05, 0) is 29.9 Å². The fourth-order valence-corrected chi connectivity index (χ4v) is 4.97. The van der Waals surface area contributed by atoms with Gasteiger partial charge < -0.3 is 14.2 Å². The van der Waals surface area contributed by atoms with E-state index in [4.69, 9.17) is 9.05 Å². The number of carboxylic acid groups (broad SMARTS) is 1. The zero-order valence-corrected chi connectivity index (χ0v) is 18.8. The van der Waals surface area contributed by atoms with E-state index in [9.17, 15) is 14.5 Å². The highest BCUT2D eigenvalue weighted by molar-refractivity contribution is 7.54. The fraction of sp³-hybridized carbons (Fsp3) is 0.435. The lowest BCUT2D eigenvalue weighted by molar-refractivity contribution is -0.140. The van der Waals surface area contributed by atoms with Crippen molar-refractivity contribution in [2.45, 2.75) is 58.7 Å². The van der Waals surface area contributed by atoms with E-state index in [1.54, 1.807) is 0 Å². The summed E-state index contributed by atoms with van der Waals surface area (Å²) in [7, 11) is -3.67. The van der Waals surface area contributed by atoms with Crippen molar-refractivity contribution in [1.82, 2.24) is 5.32 Å². The Kier molecular flexibility index (Phi) is 9.73. The Hall–Kier alpha value is -1.98. The molecule has 0 heterocycles. The Bertz CT molecular complexity index is 765. The van der Waals surface area contributed by atoms with Crippen molar-refractivity contribution >= 4 is 13.6 Å². The summed E-state index contributed by atoms with van der Waals surface area (Å²) in [6.45, 7) is 5.99. The summed E-state index contributed by atoms with van der Waals surface area (Å²) in [6, 6.07) is 18.0. The second-order valence-corrected chi connectivity index (χ2v) is 9.89. The number of aliphatic carboxylic acids is 1. The van der Waals surface area contributed by atoms with Gasteiger partial charge in [0.1, 0.15) is 11.8 Å². The van der Waals surface area contributed by atoms with Gasteiger partial charge in [0.05, 0.1) is 13.2 Å². The molecule has 0 spiro atoms. The molecule has 6 nitrogen and oxygen atoms in total. The van der Waals surface area contributed by atoms with Crippen molar-refractivity contribution in [3.63, 3.8) is 0 Å². The lowest BCUT2D eigenvalue weighted by atomic mass is 10.0. The van der Waals surface area contributed by atoms with E-state index in [0.29, 0.717) is 12.8 Å². The summed E-state index contributed by atoms with van der Waals surface area (Å²) in [5.74, 6) is -1.53. The van der Waals surface area contributed by atoms with Gasteiger partial charge in [0, 0.05) is 0 Å². The molecule has 0 amide bonds. The van der Waals surface area contributed by atoms with Crippen LogP contribution in [0.25, 0.3) is 0 Å². The molecule has 30 heavy (non-hydrogen) atoms. The highest BCUT2D eigenvalue weighted by atomic mass is 31.2. The van der Waals surface area contributed by atoms with Crippen molar-refractivity contribution in [3.8, 4) is 0 Å². The summed E-state index contributed by atoms with van der Waals surface area (Å²) in [5, 5.41) is 12.6. The summed E-state index contributed by atoms with van der Waals surface area (Å²) in [4.78, 5) is 11.7. The molecule has 0 aromatic heterocycles. The number of hydrogen-bond donors (Lipinski definition) is 2. The van der Waals surface area contributed by atoms with E-state index < -0.39 is 25.4 Å². The first-order valence-corrected chi connectivity index (χ1v) is 11.9. The molecule has 0 aliphatic heterocycles. The zero-order chi connectivity index (χ0) is 22.0. The molecular formula is C23H32NO5P. The van der Waals surface area contributed by atoms with Gasteiger partial charge in [0.2, 0.25) is 0 Å². The van der Waals surface area contributed by atoms with Crippen LogP contribution in [-0.4, -0.2) is 22.9 Å². The van der Waals surface area contributed by atoms with Crippen LogP contribution in [0, 0.1) is 5.92 Å². The van der Waals surface area contributed by atoms with Crippen LogP contribution in [0.15, 0.2) is 60.7 Å². The van der Waals surface area contributed by atoms with Gasteiger partial charge in [-0.2, -0.15) is 0 Å². The summed E-state index contributed by atoms with van der Waals surface area (Å²) in [6.07, 6.45) is 0.825. The van der Waals surface area contributed by atoms with E-state index in [-0.39, 0.29) is 19.1 Å². The molecule has 0 radical (unpaired) electrons. The molecule has 164 valence electrons. The maximum Gasteiger partial charge on any atom is 0.348 e. The van der Waals surface area contributed by atoms with Crippen molar-refractivity contribution in [2.24, 2.45) is 5.92 Å². The third-order valence-electron chi connectivity index (χ3n) is 4.68. The quantitative estimate of drug-likeness (QED) is 0.409. The fourth-order valence-electron chi connectivity index (χ4n) is 3.07. The minimum atomic E-state index is -3.67. The van der Waals surface area contributed by atoms with Crippen LogP contribution >= 0.6 is 7.60 Å². The third-order valence-corrected chi connectivity index (χ3v) is 6.93. The molecule has 0 saturated carbocycles. The van der Waals surface area contributed by atoms with Gasteiger partial charge >= 0.3 is 13.6 Å². The van der Waals surface area contributed by atoms with Crippen LogP contribution in [0.2, 0.25) is 0 Å². The molecule has 7 heteroatoms. The Balaban J connectivity index is 2.21. The molecule has 2 atom stereocenters. The molecule has 0 aliphatic rings. The van der Waals surface area contributed by atoms with Crippen LogP contribution in [0.4, 0.5) is 0 Å². The van der Waals surface area contributed by atoms with Gasteiger partial charge in [-0.25, -0.2) is 0 Å². The smallest absolute Gasteiger partial charge is 0.348 e. The van der Waals surface area contributed by atoms with Gasteiger partial charge in [-0.15, -0.1) is 0 Å². The molecule has 2 N–H and O–H groups in total. The minimum absolute atomic E-state index is 0.118. The normalized spacial score (nSPS) is 13.9. The molecule has 2 aromatic rings. The monoisotopic (exact) mass is 433 g/mol. The minimum Gasteiger partial charge on any atom is -0.480 e. The first-order valence-electron chi connectivity index (χ1n) is 10.3. The molecule has 0 fully saturated rings. The van der Waals surface area contributed by atoms with E-state index in [0.717, 1.165) is 11.1 Å². The first-order chi connectivity index (χ1) is 14.3. The largest absolute Gasteiger partial charge is 0.480 e.